The molecule has 0 aliphatic rings. The third kappa shape index (κ3) is 3.66. The van der Waals surface area contributed by atoms with Crippen LogP contribution in [0.5, 0.6) is 0 Å². The molecule has 0 heterocycles. The minimum Gasteiger partial charge on any atom is -0.348 e. The predicted molar refractivity (Wildman–Crippen MR) is 71.5 cm³/mol. The molecule has 1 N–H and O–H groups in total. The number of thiocarbonyl (C=S) groups is 1. The van der Waals surface area contributed by atoms with Crippen molar-refractivity contribution in [1.82, 2.24) is 0 Å². The van der Waals surface area contributed by atoms with Crippen molar-refractivity contribution in [3.8, 4) is 6.07 Å². The lowest BCUT2D eigenvalue weighted by atomic mass is 10.0. The minimum atomic E-state index is -1.19. The van der Waals surface area contributed by atoms with Crippen LogP contribution in [-0.2, 0) is 4.79 Å². The summed E-state index contributed by atoms with van der Waals surface area (Å²) in [5.74, 6) is -3.75. The van der Waals surface area contributed by atoms with Crippen molar-refractivity contribution >= 4 is 28.7 Å². The summed E-state index contributed by atoms with van der Waals surface area (Å²) in [4.78, 5) is 11.6. The van der Waals surface area contributed by atoms with Crippen LogP contribution in [0.4, 0.5) is 14.5 Å². The van der Waals surface area contributed by atoms with Crippen LogP contribution in [0.15, 0.2) is 30.4 Å². The molecule has 0 saturated heterocycles. The second-order valence-electron chi connectivity index (χ2n) is 3.82. The first-order valence-electron chi connectivity index (χ1n) is 5.22. The second kappa shape index (κ2) is 6.16. The number of hydrogen-bond acceptors (Lipinski definition) is 3. The van der Waals surface area contributed by atoms with E-state index in [4.69, 9.17) is 17.5 Å². The minimum absolute atomic E-state index is 0.0819. The molecule has 1 aromatic carbocycles. The number of ketones is 1. The zero-order valence-corrected chi connectivity index (χ0v) is 10.9. The number of anilines is 1. The Bertz CT molecular complexity index is 593. The smallest absolute Gasteiger partial charge is 0.182 e. The number of carbonyl (C=O) groups is 1. The van der Waals surface area contributed by atoms with Crippen molar-refractivity contribution in [2.45, 2.75) is 6.92 Å². The van der Waals surface area contributed by atoms with Crippen LogP contribution >= 0.6 is 12.2 Å². The van der Waals surface area contributed by atoms with Gasteiger partial charge in [-0.15, -0.1) is 0 Å². The molecule has 1 aromatic rings. The lowest BCUT2D eigenvalue weighted by molar-refractivity contribution is -0.116. The fraction of sp³-hybridized carbons (Fsp3) is 0.154. The fourth-order valence-electron chi connectivity index (χ4n) is 1.27. The number of Topliss-reactive ketones (excluding diaryl/α,β-unsaturated/α-hetero) is 1. The maximum atomic E-state index is 13.0. The van der Waals surface area contributed by atoms with Gasteiger partial charge in [-0.3, -0.25) is 4.79 Å². The van der Waals surface area contributed by atoms with Gasteiger partial charge in [0.25, 0.3) is 0 Å². The second-order valence-corrected chi connectivity index (χ2v) is 4.26. The molecule has 0 aromatic heterocycles. The summed E-state index contributed by atoms with van der Waals surface area (Å²) < 4.78 is 25.7. The summed E-state index contributed by atoms with van der Waals surface area (Å²) in [6, 6.07) is 4.81. The predicted octanol–water partition coefficient (Wildman–Crippen LogP) is 2.99. The average molecular weight is 280 g/mol. The largest absolute Gasteiger partial charge is 0.348 e. The zero-order chi connectivity index (χ0) is 14.6. The summed E-state index contributed by atoms with van der Waals surface area (Å²) in [5, 5.41) is 11.5. The van der Waals surface area contributed by atoms with Crippen LogP contribution in [0, 0.1) is 28.9 Å². The van der Waals surface area contributed by atoms with Crippen LogP contribution in [0.25, 0.3) is 0 Å². The molecule has 0 radical (unpaired) electrons. The van der Waals surface area contributed by atoms with Crippen LogP contribution in [-0.4, -0.2) is 10.8 Å². The molecule has 0 bridgehead atoms. The quantitative estimate of drug-likeness (QED) is 0.680. The molecule has 3 nitrogen and oxygen atoms in total. The lowest BCUT2D eigenvalue weighted by Crippen LogP contribution is -2.27. The first-order chi connectivity index (χ1) is 8.86. The topological polar surface area (TPSA) is 52.9 Å². The highest BCUT2D eigenvalue weighted by molar-refractivity contribution is 7.80. The van der Waals surface area contributed by atoms with Crippen molar-refractivity contribution in [3.05, 3.63) is 42.0 Å². The maximum Gasteiger partial charge on any atom is 0.182 e. The zero-order valence-electron chi connectivity index (χ0n) is 10.0. The van der Waals surface area contributed by atoms with Crippen molar-refractivity contribution < 1.29 is 13.6 Å². The van der Waals surface area contributed by atoms with E-state index in [1.165, 1.54) is 13.0 Å². The number of nitriles is 1. The Balaban J connectivity index is 2.89. The molecule has 19 heavy (non-hydrogen) atoms. The highest BCUT2D eigenvalue weighted by Gasteiger charge is 2.23. The average Bonchev–Trinajstić information content (AvgIpc) is 2.34. The Morgan fingerprint density at radius 2 is 2.11 bits per heavy atom. The molecule has 1 atom stereocenters. The van der Waals surface area contributed by atoms with E-state index in [1.807, 2.05) is 0 Å². The van der Waals surface area contributed by atoms with Gasteiger partial charge in [-0.25, -0.2) is 8.78 Å². The summed E-state index contributed by atoms with van der Waals surface area (Å²) in [7, 11) is 0. The Labute approximate surface area is 114 Å². The molecule has 0 aliphatic carbocycles. The van der Waals surface area contributed by atoms with E-state index in [2.05, 4.69) is 11.9 Å². The molecular weight excluding hydrogens is 270 g/mol. The van der Waals surface area contributed by atoms with Crippen molar-refractivity contribution in [3.63, 3.8) is 0 Å². The molecule has 0 spiro atoms. The van der Waals surface area contributed by atoms with E-state index < -0.39 is 23.3 Å². The summed E-state index contributed by atoms with van der Waals surface area (Å²) in [6.07, 6.45) is 0. The molecule has 0 fully saturated rings. The molecular formula is C13H10F2N2OS. The van der Waals surface area contributed by atoms with Crippen molar-refractivity contribution in [2.75, 3.05) is 5.32 Å². The van der Waals surface area contributed by atoms with Gasteiger partial charge in [-0.05, 0) is 24.6 Å². The summed E-state index contributed by atoms with van der Waals surface area (Å²) in [6.45, 7) is 4.91. The third-order valence-electron chi connectivity index (χ3n) is 2.26. The number of halogens is 2. The van der Waals surface area contributed by atoms with Gasteiger partial charge in [0.05, 0.1) is 6.07 Å². The lowest BCUT2D eigenvalue weighted by Gasteiger charge is -2.12. The van der Waals surface area contributed by atoms with Crippen LogP contribution < -0.4 is 5.32 Å². The van der Waals surface area contributed by atoms with E-state index in [0.717, 1.165) is 12.1 Å². The monoisotopic (exact) mass is 280 g/mol. The van der Waals surface area contributed by atoms with E-state index in [9.17, 15) is 13.6 Å². The summed E-state index contributed by atoms with van der Waals surface area (Å²) in [5.41, 5.74) is 0.361. The molecule has 0 saturated carbocycles. The maximum absolute atomic E-state index is 13.0. The van der Waals surface area contributed by atoms with Gasteiger partial charge in [0.15, 0.2) is 23.3 Å². The van der Waals surface area contributed by atoms with Crippen molar-refractivity contribution in [2.24, 2.45) is 5.92 Å². The first kappa shape index (κ1) is 14.9. The van der Waals surface area contributed by atoms with Gasteiger partial charge in [0.2, 0.25) is 0 Å². The number of allylic oxidation sites excluding steroid dienone is 1. The normalized spacial score (nSPS) is 11.3. The van der Waals surface area contributed by atoms with Crippen LogP contribution in [0.1, 0.15) is 6.92 Å². The molecule has 0 aliphatic heterocycles. The molecule has 98 valence electrons. The summed E-state index contributed by atoms with van der Waals surface area (Å²) >= 11 is 4.92. The van der Waals surface area contributed by atoms with E-state index in [1.54, 1.807) is 6.07 Å². The van der Waals surface area contributed by atoms with E-state index in [-0.39, 0.29) is 16.2 Å². The molecule has 6 heteroatoms. The van der Waals surface area contributed by atoms with E-state index >= 15 is 0 Å². The molecule has 1 unspecified atom stereocenters. The number of hydrogen-bond donors (Lipinski definition) is 1. The van der Waals surface area contributed by atoms with Gasteiger partial charge in [0.1, 0.15) is 4.99 Å². The van der Waals surface area contributed by atoms with Gasteiger partial charge < -0.3 is 5.32 Å². The SMILES string of the molecule is C=C(C)C(=O)C(C#N)C(=S)Nc1ccc(F)c(F)c1. The van der Waals surface area contributed by atoms with E-state index in [0.29, 0.717) is 0 Å². The van der Waals surface area contributed by atoms with Crippen LogP contribution in [0.2, 0.25) is 0 Å². The van der Waals surface area contributed by atoms with Gasteiger partial charge >= 0.3 is 0 Å². The standard InChI is InChI=1S/C13H10F2N2OS/c1-7(2)12(18)9(6-16)13(19)17-8-3-4-10(14)11(15)5-8/h3-5,9H,1H2,2H3,(H,17,19). The Morgan fingerprint density at radius 1 is 1.47 bits per heavy atom. The Hall–Kier alpha value is -2.13. The Kier molecular flexibility index (Phi) is 4.84. The molecule has 0 amide bonds. The van der Waals surface area contributed by atoms with Gasteiger partial charge in [-0.1, -0.05) is 18.8 Å². The third-order valence-corrected chi connectivity index (χ3v) is 2.60. The van der Waals surface area contributed by atoms with Crippen molar-refractivity contribution in [1.29, 1.82) is 5.26 Å². The van der Waals surface area contributed by atoms with Gasteiger partial charge in [-0.2, -0.15) is 5.26 Å². The highest BCUT2D eigenvalue weighted by atomic mass is 32.1. The fourth-order valence-corrected chi connectivity index (χ4v) is 1.55. The number of rotatable bonds is 4. The number of nitrogens with one attached hydrogen (secondary N) is 1. The number of carbonyl (C=O) groups excluding carboxylic acids is 1. The van der Waals surface area contributed by atoms with Crippen LogP contribution in [0.3, 0.4) is 0 Å². The molecule has 1 rings (SSSR count). The number of benzene rings is 1. The van der Waals surface area contributed by atoms with Gasteiger partial charge in [0, 0.05) is 11.8 Å². The highest BCUT2D eigenvalue weighted by Crippen LogP contribution is 2.15. The number of nitrogens with zero attached hydrogens (tertiary/aromatic N) is 1. The first-order valence-corrected chi connectivity index (χ1v) is 5.63. The Morgan fingerprint density at radius 3 is 2.58 bits per heavy atom.